The highest BCUT2D eigenvalue weighted by Crippen LogP contribution is 2.39. The van der Waals surface area contributed by atoms with Gasteiger partial charge in [-0.3, -0.25) is 19.1 Å². The molecule has 0 atom stereocenters. The van der Waals surface area contributed by atoms with Crippen molar-refractivity contribution < 1.29 is 31.9 Å². The smallest absolute Gasteiger partial charge is 0.272 e. The van der Waals surface area contributed by atoms with Gasteiger partial charge in [0.2, 0.25) is 5.91 Å². The number of aryl methyl sites for hydroxylation is 1. The minimum absolute atomic E-state index is 0.0627. The fourth-order valence-corrected chi connectivity index (χ4v) is 6.01. The van der Waals surface area contributed by atoms with Crippen LogP contribution in [0.25, 0.3) is 11.3 Å². The second-order valence-electron chi connectivity index (χ2n) is 12.1. The molecule has 2 aromatic heterocycles. The number of hydrogen-bond donors (Lipinski definition) is 3. The highest BCUT2D eigenvalue weighted by Gasteiger charge is 2.31. The number of halogens is 1. The monoisotopic (exact) mass is 636 g/mol. The molecule has 3 aromatic rings. The Hall–Kier alpha value is -4.41. The maximum Gasteiger partial charge on any atom is 0.272 e. The summed E-state index contributed by atoms with van der Waals surface area (Å²) < 4.78 is 45.8. The molecule has 1 saturated heterocycles. The van der Waals surface area contributed by atoms with Gasteiger partial charge in [-0.05, 0) is 30.2 Å². The number of anilines is 3. The molecular formula is C26H32B3FN8O6S. The average molecular weight is 636 g/mol. The number of benzene rings is 1. The van der Waals surface area contributed by atoms with E-state index in [1.807, 2.05) is 0 Å². The van der Waals surface area contributed by atoms with E-state index in [2.05, 4.69) is 31.2 Å². The molecule has 234 valence electrons. The quantitative estimate of drug-likeness (QED) is 0.228. The number of nitrogens with zero attached hydrogens (tertiary/aromatic N) is 5. The third kappa shape index (κ3) is 7.46. The normalized spacial score (nSPS) is 16.1. The summed E-state index contributed by atoms with van der Waals surface area (Å²) in [7, 11) is 5.16. The van der Waals surface area contributed by atoms with Crippen molar-refractivity contribution in [3.05, 3.63) is 41.5 Å². The van der Waals surface area contributed by atoms with Gasteiger partial charge in [-0.25, -0.2) is 12.8 Å². The van der Waals surface area contributed by atoms with E-state index in [4.69, 9.17) is 4.74 Å². The summed E-state index contributed by atoms with van der Waals surface area (Å²) in [6, 6.07) is 5.28. The van der Waals surface area contributed by atoms with Crippen LogP contribution < -0.4 is 20.7 Å². The first-order valence-electron chi connectivity index (χ1n) is 14.3. The van der Waals surface area contributed by atoms with E-state index in [0.717, 1.165) is 12.8 Å². The number of hydrogen-bond acceptors (Lipinski definition) is 10. The number of rotatable bonds is 9. The SMILES string of the molecule is BC(B)(B)NC(=O)c1nnc(NC(=O)C2CC2)cc1Nc1cc(F)cc(-c2cc(C(=O)N3CCS(=O)(=O)CC3)n(C)n2)c1OC. The summed E-state index contributed by atoms with van der Waals surface area (Å²) >= 11 is 0. The van der Waals surface area contributed by atoms with Crippen LogP contribution in [0.3, 0.4) is 0 Å². The molecule has 14 nitrogen and oxygen atoms in total. The van der Waals surface area contributed by atoms with Crippen molar-refractivity contribution in [2.75, 3.05) is 42.3 Å². The van der Waals surface area contributed by atoms with Gasteiger partial charge in [0.1, 0.15) is 35.0 Å². The zero-order chi connectivity index (χ0) is 32.7. The molecule has 5 rings (SSSR count). The summed E-state index contributed by atoms with van der Waals surface area (Å²) in [4.78, 5) is 40.2. The van der Waals surface area contributed by atoms with E-state index < -0.39 is 32.7 Å². The first kappa shape index (κ1) is 32.0. The van der Waals surface area contributed by atoms with E-state index in [9.17, 15) is 22.8 Å². The molecule has 1 aromatic carbocycles. The third-order valence-electron chi connectivity index (χ3n) is 7.23. The molecule has 3 heterocycles. The highest BCUT2D eigenvalue weighted by atomic mass is 32.2. The van der Waals surface area contributed by atoms with E-state index in [-0.39, 0.29) is 82.0 Å². The molecular weight excluding hydrogens is 604 g/mol. The van der Waals surface area contributed by atoms with Crippen molar-refractivity contribution in [2.24, 2.45) is 13.0 Å². The van der Waals surface area contributed by atoms with Crippen LogP contribution in [0.5, 0.6) is 5.75 Å². The predicted octanol–water partition coefficient (Wildman–Crippen LogP) is -1.77. The Bertz CT molecular complexity index is 1780. The van der Waals surface area contributed by atoms with Crippen molar-refractivity contribution in [3.63, 3.8) is 0 Å². The number of carbonyl (C=O) groups is 3. The fourth-order valence-electron chi connectivity index (χ4n) is 4.81. The molecule has 1 saturated carbocycles. The van der Waals surface area contributed by atoms with Crippen LogP contribution in [0.2, 0.25) is 0 Å². The van der Waals surface area contributed by atoms with Gasteiger partial charge in [0.05, 0.1) is 35.7 Å². The number of aromatic nitrogens is 4. The Labute approximate surface area is 262 Å². The first-order valence-corrected chi connectivity index (χ1v) is 16.2. The lowest BCUT2D eigenvalue weighted by Crippen LogP contribution is -2.50. The Morgan fingerprint density at radius 3 is 2.36 bits per heavy atom. The van der Waals surface area contributed by atoms with Crippen molar-refractivity contribution >= 4 is 68.3 Å². The second kappa shape index (κ2) is 12.2. The summed E-state index contributed by atoms with van der Waals surface area (Å²) in [5.74, 6) is -1.92. The average Bonchev–Trinajstić information content (AvgIpc) is 3.73. The number of carbonyl (C=O) groups excluding carboxylic acids is 3. The number of methoxy groups -OCH3 is 1. The second-order valence-corrected chi connectivity index (χ2v) is 14.4. The standard InChI is InChI=1S/C26H32B3FN8O6S/c1-37-19(25(41)38-5-7-45(42,43)8-6-38)11-16(36-37)15-9-14(30)10-18(22(15)44-2)31-17-12-20(32-23(39)13-3-4-13)34-35-21(17)24(40)33-26(27,28)29/h9-13H,3-8,27-29H2,1-2H3,(H,33,40)(H2,31,32,34,39). The van der Waals surface area contributed by atoms with E-state index >= 15 is 4.39 Å². The van der Waals surface area contributed by atoms with Gasteiger partial charge in [-0.15, -0.1) is 10.2 Å². The maximum absolute atomic E-state index is 15.2. The van der Waals surface area contributed by atoms with Gasteiger partial charge < -0.3 is 25.6 Å². The molecule has 2 aliphatic rings. The fraction of sp³-hybridized carbons (Fsp3) is 0.385. The minimum Gasteiger partial charge on any atom is -0.494 e. The number of nitrogens with one attached hydrogen (secondary N) is 3. The van der Waals surface area contributed by atoms with Crippen molar-refractivity contribution in [1.29, 1.82) is 0 Å². The van der Waals surface area contributed by atoms with Crippen molar-refractivity contribution in [3.8, 4) is 17.0 Å². The molecule has 0 spiro atoms. The van der Waals surface area contributed by atoms with Gasteiger partial charge in [0.15, 0.2) is 27.1 Å². The Morgan fingerprint density at radius 2 is 1.73 bits per heavy atom. The summed E-state index contributed by atoms with van der Waals surface area (Å²) in [5, 5.41) is 20.4. The zero-order valence-corrected chi connectivity index (χ0v) is 26.4. The molecule has 19 heteroatoms. The zero-order valence-electron chi connectivity index (χ0n) is 25.6. The maximum atomic E-state index is 15.2. The Kier molecular flexibility index (Phi) is 8.66. The van der Waals surface area contributed by atoms with Gasteiger partial charge in [0, 0.05) is 43.8 Å². The van der Waals surface area contributed by atoms with E-state index in [1.54, 1.807) is 30.6 Å². The minimum atomic E-state index is -3.19. The molecule has 0 bridgehead atoms. The van der Waals surface area contributed by atoms with Crippen LogP contribution in [0.15, 0.2) is 24.3 Å². The predicted molar refractivity (Wildman–Crippen MR) is 172 cm³/mol. The van der Waals surface area contributed by atoms with Crippen molar-refractivity contribution in [2.45, 2.75) is 18.1 Å². The van der Waals surface area contributed by atoms with Crippen LogP contribution in [-0.4, -0.2) is 111 Å². The number of ether oxygens (including phenoxy) is 1. The lowest BCUT2D eigenvalue weighted by atomic mass is 9.49. The van der Waals surface area contributed by atoms with Crippen molar-refractivity contribution in [1.82, 2.24) is 30.2 Å². The lowest BCUT2D eigenvalue weighted by molar-refractivity contribution is -0.117. The van der Waals surface area contributed by atoms with Crippen LogP contribution >= 0.6 is 0 Å². The van der Waals surface area contributed by atoms with Gasteiger partial charge >= 0.3 is 0 Å². The Morgan fingerprint density at radius 1 is 1.04 bits per heavy atom. The van der Waals surface area contributed by atoms with E-state index in [1.165, 1.54) is 41.0 Å². The van der Waals surface area contributed by atoms with Gasteiger partial charge in [-0.2, -0.15) is 5.10 Å². The molecule has 1 aliphatic carbocycles. The summed E-state index contributed by atoms with van der Waals surface area (Å²) in [6.45, 7) is 0.125. The van der Waals surface area contributed by atoms with Crippen LogP contribution in [0.4, 0.5) is 21.6 Å². The topological polar surface area (TPSA) is 178 Å². The largest absolute Gasteiger partial charge is 0.494 e. The summed E-state index contributed by atoms with van der Waals surface area (Å²) in [5.41, 5.74) is 0.757. The number of amides is 3. The van der Waals surface area contributed by atoms with Gasteiger partial charge in [0.25, 0.3) is 11.8 Å². The molecule has 0 radical (unpaired) electrons. The highest BCUT2D eigenvalue weighted by molar-refractivity contribution is 7.91. The molecule has 1 aliphatic heterocycles. The van der Waals surface area contributed by atoms with Crippen LogP contribution in [0.1, 0.15) is 33.8 Å². The summed E-state index contributed by atoms with van der Waals surface area (Å²) in [6.07, 6.45) is 1.56. The molecule has 45 heavy (non-hydrogen) atoms. The number of sulfone groups is 1. The molecule has 0 unspecified atom stereocenters. The third-order valence-corrected chi connectivity index (χ3v) is 8.84. The molecule has 2 fully saturated rings. The molecule has 3 amide bonds. The van der Waals surface area contributed by atoms with Crippen LogP contribution in [0, 0.1) is 11.7 Å². The van der Waals surface area contributed by atoms with E-state index in [0.29, 0.717) is 0 Å². The van der Waals surface area contributed by atoms with Gasteiger partial charge in [-0.1, -0.05) is 0 Å². The van der Waals surface area contributed by atoms with Crippen LogP contribution in [-0.2, 0) is 21.7 Å². The molecule has 3 N–H and O–H groups in total. The first-order chi connectivity index (χ1) is 21.1. The lowest BCUT2D eigenvalue weighted by Gasteiger charge is -2.26. The Balaban J connectivity index is 1.50.